The first kappa shape index (κ1) is 25.3. The number of para-hydroxylation sites is 3. The fraction of sp³-hybridized carbons (Fsp3) is 0.100. The predicted octanol–water partition coefficient (Wildman–Crippen LogP) is 8.42. The molecule has 0 atom stereocenters. The lowest BCUT2D eigenvalue weighted by molar-refractivity contribution is 0.485. The molecule has 0 N–H and O–H groups in total. The van der Waals surface area contributed by atoms with Crippen molar-refractivity contribution in [3.8, 4) is 17.2 Å². The summed E-state index contributed by atoms with van der Waals surface area (Å²) in [5, 5.41) is 2.49. The molecule has 4 heteroatoms. The average Bonchev–Trinajstić information content (AvgIpc) is 3.34. The normalized spacial score (nSPS) is 13.1. The molecule has 0 radical (unpaired) electrons. The smallest absolute Gasteiger partial charge is 0.256 e. The first-order valence-electron chi connectivity index (χ1n) is 15.4. The minimum absolute atomic E-state index is 0.0516. The van der Waals surface area contributed by atoms with Gasteiger partial charge in [0.05, 0.1) is 16.7 Å². The van der Waals surface area contributed by atoms with Gasteiger partial charge in [-0.15, -0.1) is 0 Å². The van der Waals surface area contributed by atoms with Crippen molar-refractivity contribution in [1.29, 1.82) is 0 Å². The van der Waals surface area contributed by atoms with E-state index in [0.717, 1.165) is 17.2 Å². The third-order valence-corrected chi connectivity index (χ3v) is 9.45. The van der Waals surface area contributed by atoms with E-state index >= 15 is 0 Å². The van der Waals surface area contributed by atoms with Crippen LogP contribution in [0.25, 0.3) is 27.5 Å². The second-order valence-electron chi connectivity index (χ2n) is 12.5. The lowest BCUT2D eigenvalue weighted by atomic mass is 9.33. The molecule has 0 bridgehead atoms. The summed E-state index contributed by atoms with van der Waals surface area (Å²) in [4.78, 5) is 2.47. The van der Waals surface area contributed by atoms with E-state index in [-0.39, 0.29) is 6.71 Å². The number of aryl methyl sites for hydroxylation is 4. The molecule has 3 nitrogen and oxygen atoms in total. The molecule has 0 unspecified atom stereocenters. The summed E-state index contributed by atoms with van der Waals surface area (Å²) < 4.78 is 9.43. The maximum Gasteiger partial charge on any atom is 0.256 e. The largest absolute Gasteiger partial charge is 0.456 e. The zero-order valence-corrected chi connectivity index (χ0v) is 25.3. The number of anilines is 3. The van der Waals surface area contributed by atoms with E-state index in [1.807, 2.05) is 0 Å². The van der Waals surface area contributed by atoms with Crippen LogP contribution in [0, 0.1) is 27.7 Å². The van der Waals surface area contributed by atoms with Gasteiger partial charge in [0.1, 0.15) is 11.5 Å². The van der Waals surface area contributed by atoms with E-state index < -0.39 is 0 Å². The van der Waals surface area contributed by atoms with E-state index in [2.05, 4.69) is 152 Å². The van der Waals surface area contributed by atoms with Crippen LogP contribution in [-0.4, -0.2) is 11.3 Å². The highest BCUT2D eigenvalue weighted by Crippen LogP contribution is 2.45. The fourth-order valence-electron chi connectivity index (χ4n) is 7.90. The van der Waals surface area contributed by atoms with Crippen LogP contribution in [0.3, 0.4) is 0 Å². The molecule has 6 aromatic carbocycles. The van der Waals surface area contributed by atoms with Gasteiger partial charge in [0, 0.05) is 27.8 Å². The molecule has 0 saturated heterocycles. The van der Waals surface area contributed by atoms with Crippen LogP contribution in [0.5, 0.6) is 11.5 Å². The topological polar surface area (TPSA) is 17.4 Å². The van der Waals surface area contributed by atoms with Gasteiger partial charge in [-0.1, -0.05) is 72.3 Å². The average molecular weight is 567 g/mol. The van der Waals surface area contributed by atoms with Gasteiger partial charge in [0.25, 0.3) is 6.71 Å². The highest BCUT2D eigenvalue weighted by Gasteiger charge is 2.43. The quantitative estimate of drug-likeness (QED) is 0.196. The second kappa shape index (κ2) is 9.14. The molecule has 2 aliphatic heterocycles. The van der Waals surface area contributed by atoms with Crippen LogP contribution in [-0.2, 0) is 0 Å². The van der Waals surface area contributed by atoms with Crippen LogP contribution < -0.4 is 26.0 Å². The van der Waals surface area contributed by atoms with Crippen LogP contribution >= 0.6 is 0 Å². The molecule has 7 aromatic rings. The van der Waals surface area contributed by atoms with E-state index in [1.165, 1.54) is 77.5 Å². The minimum Gasteiger partial charge on any atom is -0.456 e. The molecule has 0 spiro atoms. The summed E-state index contributed by atoms with van der Waals surface area (Å²) in [6.45, 7) is 8.90. The van der Waals surface area contributed by atoms with Gasteiger partial charge in [-0.05, 0) is 109 Å². The van der Waals surface area contributed by atoms with E-state index in [9.17, 15) is 0 Å². The van der Waals surface area contributed by atoms with Crippen molar-refractivity contribution in [3.05, 3.63) is 138 Å². The number of fused-ring (bicyclic) bond motifs is 7. The van der Waals surface area contributed by atoms with Gasteiger partial charge in [0.15, 0.2) is 0 Å². The Kier molecular flexibility index (Phi) is 5.26. The molecule has 210 valence electrons. The molecule has 0 fully saturated rings. The van der Waals surface area contributed by atoms with E-state index in [4.69, 9.17) is 4.74 Å². The number of aromatic nitrogens is 1. The summed E-state index contributed by atoms with van der Waals surface area (Å²) in [7, 11) is 0. The van der Waals surface area contributed by atoms with Crippen molar-refractivity contribution in [2.75, 3.05) is 4.90 Å². The Labute approximate surface area is 258 Å². The van der Waals surface area contributed by atoms with Crippen LogP contribution in [0.2, 0.25) is 0 Å². The third-order valence-electron chi connectivity index (χ3n) is 9.45. The lowest BCUT2D eigenvalue weighted by Crippen LogP contribution is -2.60. The Morgan fingerprint density at radius 3 is 1.89 bits per heavy atom. The zero-order valence-electron chi connectivity index (χ0n) is 25.3. The minimum atomic E-state index is 0.0516. The number of rotatable bonds is 2. The van der Waals surface area contributed by atoms with Gasteiger partial charge >= 0.3 is 0 Å². The van der Waals surface area contributed by atoms with Crippen molar-refractivity contribution < 1.29 is 4.74 Å². The Hall–Kier alpha value is -5.22. The van der Waals surface area contributed by atoms with Crippen molar-refractivity contribution in [3.63, 3.8) is 0 Å². The molecule has 0 amide bonds. The Morgan fingerprint density at radius 1 is 0.545 bits per heavy atom. The van der Waals surface area contributed by atoms with Crippen molar-refractivity contribution in [2.45, 2.75) is 27.7 Å². The lowest BCUT2D eigenvalue weighted by Gasteiger charge is -2.41. The van der Waals surface area contributed by atoms with Crippen molar-refractivity contribution >= 4 is 62.0 Å². The molecule has 2 aliphatic rings. The third kappa shape index (κ3) is 3.45. The van der Waals surface area contributed by atoms with Gasteiger partial charge < -0.3 is 14.2 Å². The zero-order chi connectivity index (χ0) is 29.7. The number of ether oxygens (including phenoxy) is 1. The summed E-state index contributed by atoms with van der Waals surface area (Å²) >= 11 is 0. The second-order valence-corrected chi connectivity index (χ2v) is 12.5. The number of nitrogens with zero attached hydrogens (tertiary/aromatic N) is 2. The molecule has 3 heterocycles. The standard InChI is InChI=1S/C40H31BN2O/c1-24-19-25(2)22-28(21-24)42-34-17-18-35(43-32-14-8-5-11-29(32)30-12-6-9-15-33(30)43)40-39(34)41(31-13-7-10-16-37(31)44-40)38-27(4)20-26(3)23-36(38)42/h5-23H,1-4H3. The van der Waals surface area contributed by atoms with Crippen molar-refractivity contribution in [2.24, 2.45) is 0 Å². The SMILES string of the molecule is Cc1cc(C)cc(N2c3cc(C)cc(C)c3B3c4ccccc4Oc4c(-n5c6ccccc6c6ccccc65)ccc2c43)c1. The number of benzene rings is 6. The summed E-state index contributed by atoms with van der Waals surface area (Å²) in [6, 6.07) is 42.1. The molecule has 44 heavy (non-hydrogen) atoms. The first-order valence-corrected chi connectivity index (χ1v) is 15.4. The molecular formula is C40H31BN2O. The van der Waals surface area contributed by atoms with Crippen LogP contribution in [0.15, 0.2) is 115 Å². The van der Waals surface area contributed by atoms with Crippen LogP contribution in [0.1, 0.15) is 22.3 Å². The van der Waals surface area contributed by atoms with Crippen molar-refractivity contribution in [1.82, 2.24) is 4.57 Å². The summed E-state index contributed by atoms with van der Waals surface area (Å²) in [5.74, 6) is 1.85. The molecular weight excluding hydrogens is 535 g/mol. The predicted molar refractivity (Wildman–Crippen MR) is 186 cm³/mol. The fourth-order valence-corrected chi connectivity index (χ4v) is 7.90. The van der Waals surface area contributed by atoms with Crippen LogP contribution in [0.4, 0.5) is 17.1 Å². The summed E-state index contributed by atoms with van der Waals surface area (Å²) in [5.41, 5.74) is 15.9. The van der Waals surface area contributed by atoms with Gasteiger partial charge in [-0.3, -0.25) is 0 Å². The van der Waals surface area contributed by atoms with Gasteiger partial charge in [0.2, 0.25) is 0 Å². The molecule has 9 rings (SSSR count). The maximum atomic E-state index is 7.04. The highest BCUT2D eigenvalue weighted by atomic mass is 16.5. The first-order chi connectivity index (χ1) is 21.5. The van der Waals surface area contributed by atoms with Gasteiger partial charge in [-0.25, -0.2) is 0 Å². The van der Waals surface area contributed by atoms with E-state index in [0.29, 0.717) is 0 Å². The maximum absolute atomic E-state index is 7.04. The molecule has 1 aromatic heterocycles. The highest BCUT2D eigenvalue weighted by molar-refractivity contribution is 6.99. The monoisotopic (exact) mass is 566 g/mol. The number of hydrogen-bond donors (Lipinski definition) is 0. The molecule has 0 aliphatic carbocycles. The summed E-state index contributed by atoms with van der Waals surface area (Å²) in [6.07, 6.45) is 0. The Balaban J connectivity index is 1.43. The van der Waals surface area contributed by atoms with Gasteiger partial charge in [-0.2, -0.15) is 0 Å². The Bertz CT molecular complexity index is 2260. The Morgan fingerprint density at radius 2 is 1.16 bits per heavy atom. The van der Waals surface area contributed by atoms with E-state index in [1.54, 1.807) is 0 Å². The molecule has 0 saturated carbocycles. The number of hydrogen-bond acceptors (Lipinski definition) is 2.